The summed E-state index contributed by atoms with van der Waals surface area (Å²) in [6, 6.07) is 7.28. The number of methoxy groups -OCH3 is 1. The molecule has 4 rings (SSSR count). The van der Waals surface area contributed by atoms with E-state index in [0.29, 0.717) is 44.5 Å². The number of hydrogen-bond acceptors (Lipinski definition) is 8. The maximum Gasteiger partial charge on any atom is 0.328 e. The number of para-hydroxylation sites is 1. The van der Waals surface area contributed by atoms with Crippen molar-refractivity contribution in [3.8, 4) is 0 Å². The summed E-state index contributed by atoms with van der Waals surface area (Å²) in [5.41, 5.74) is 0.826. The molecule has 0 bridgehead atoms. The van der Waals surface area contributed by atoms with Crippen molar-refractivity contribution in [3.05, 3.63) is 30.1 Å². The summed E-state index contributed by atoms with van der Waals surface area (Å²) < 4.78 is 10.4. The monoisotopic (exact) mass is 455 g/mol. The van der Waals surface area contributed by atoms with Crippen LogP contribution in [0.1, 0.15) is 26.1 Å². The van der Waals surface area contributed by atoms with Crippen molar-refractivity contribution in [3.63, 3.8) is 0 Å². The second kappa shape index (κ2) is 10.4. The Bertz CT molecular complexity index is 984. The molecular formula is C24H33N5O4. The lowest BCUT2D eigenvalue weighted by molar-refractivity contribution is -0.142. The molecule has 2 fully saturated rings. The van der Waals surface area contributed by atoms with Gasteiger partial charge in [-0.3, -0.25) is 9.69 Å². The van der Waals surface area contributed by atoms with Gasteiger partial charge in [0, 0.05) is 38.2 Å². The molecule has 2 saturated heterocycles. The number of aromatic nitrogens is 2. The number of carbonyl (C=O) groups excluding carboxylic acids is 2. The molecule has 2 aliphatic heterocycles. The fourth-order valence-electron chi connectivity index (χ4n) is 4.39. The minimum absolute atomic E-state index is 0.0118. The molecule has 3 heterocycles. The van der Waals surface area contributed by atoms with E-state index in [1.54, 1.807) is 0 Å². The van der Waals surface area contributed by atoms with E-state index in [1.165, 1.54) is 7.11 Å². The second-order valence-electron chi connectivity index (χ2n) is 9.06. The Labute approximate surface area is 194 Å². The van der Waals surface area contributed by atoms with Crippen LogP contribution in [0, 0.1) is 11.8 Å². The van der Waals surface area contributed by atoms with E-state index in [4.69, 9.17) is 19.4 Å². The van der Waals surface area contributed by atoms with E-state index in [1.807, 2.05) is 43.0 Å². The molecule has 1 amide bonds. The fraction of sp³-hybridized carbons (Fsp3) is 0.583. The summed E-state index contributed by atoms with van der Waals surface area (Å²) in [6.07, 6.45) is 0.822. The van der Waals surface area contributed by atoms with Crippen LogP contribution in [-0.2, 0) is 25.6 Å². The Morgan fingerprint density at radius 1 is 1.18 bits per heavy atom. The van der Waals surface area contributed by atoms with Gasteiger partial charge >= 0.3 is 5.97 Å². The average Bonchev–Trinajstić information content (AvgIpc) is 3.37. The summed E-state index contributed by atoms with van der Waals surface area (Å²) in [6.45, 7) is 8.69. The first-order chi connectivity index (χ1) is 16.0. The number of nitrogens with one attached hydrogen (secondary N) is 1. The van der Waals surface area contributed by atoms with E-state index >= 15 is 0 Å². The molecule has 1 aromatic carbocycles. The van der Waals surface area contributed by atoms with Gasteiger partial charge in [0.2, 0.25) is 5.91 Å². The molecule has 9 heteroatoms. The van der Waals surface area contributed by atoms with Gasteiger partial charge in [0.25, 0.3) is 0 Å². The Hall–Kier alpha value is -2.78. The predicted molar refractivity (Wildman–Crippen MR) is 125 cm³/mol. The lowest BCUT2D eigenvalue weighted by Gasteiger charge is -2.35. The van der Waals surface area contributed by atoms with E-state index in [2.05, 4.69) is 10.2 Å². The summed E-state index contributed by atoms with van der Waals surface area (Å²) in [5.74, 6) is 1.26. The number of nitrogens with zero attached hydrogens (tertiary/aromatic N) is 4. The summed E-state index contributed by atoms with van der Waals surface area (Å²) in [7, 11) is 1.40. The minimum Gasteiger partial charge on any atom is -0.467 e. The highest BCUT2D eigenvalue weighted by atomic mass is 16.5. The normalized spacial score (nSPS) is 20.2. The maximum absolute atomic E-state index is 12.7. The van der Waals surface area contributed by atoms with Gasteiger partial charge in [-0.05, 0) is 24.5 Å². The van der Waals surface area contributed by atoms with Crippen molar-refractivity contribution in [2.75, 3.05) is 51.8 Å². The topological polar surface area (TPSA) is 96.9 Å². The number of esters is 1. The molecular weight excluding hydrogens is 422 g/mol. The molecule has 1 unspecified atom stereocenters. The van der Waals surface area contributed by atoms with Gasteiger partial charge in [0.15, 0.2) is 0 Å². The highest BCUT2D eigenvalue weighted by Gasteiger charge is 2.30. The van der Waals surface area contributed by atoms with Gasteiger partial charge in [-0.25, -0.2) is 14.8 Å². The Kier molecular flexibility index (Phi) is 7.39. The van der Waals surface area contributed by atoms with Crippen LogP contribution in [0.5, 0.6) is 0 Å². The largest absolute Gasteiger partial charge is 0.467 e. The quantitative estimate of drug-likeness (QED) is 0.633. The molecule has 2 aliphatic rings. The molecule has 1 N–H and O–H groups in total. The number of carbonyl (C=O) groups is 2. The molecule has 33 heavy (non-hydrogen) atoms. The second-order valence-corrected chi connectivity index (χ2v) is 9.06. The Balaban J connectivity index is 1.47. The SMILES string of the molecule is COC(=O)[C@@H](Nc1nc(CN2CCN(C(=O)C3CCOC3)CC2)nc2ccccc12)C(C)C. The summed E-state index contributed by atoms with van der Waals surface area (Å²) >= 11 is 0. The standard InChI is InChI=1S/C24H33N5O4/c1-16(2)21(24(31)32-3)27-22-18-6-4-5-7-19(18)25-20(26-22)14-28-9-11-29(12-10-28)23(30)17-8-13-33-15-17/h4-7,16-17,21H,8-15H2,1-3H3,(H,25,26,27)/t17?,21-/m0/s1. The molecule has 0 aliphatic carbocycles. The van der Waals surface area contributed by atoms with E-state index < -0.39 is 6.04 Å². The average molecular weight is 456 g/mol. The first-order valence-corrected chi connectivity index (χ1v) is 11.6. The molecule has 0 radical (unpaired) electrons. The third-order valence-electron chi connectivity index (χ3n) is 6.39. The van der Waals surface area contributed by atoms with Gasteiger partial charge in [-0.15, -0.1) is 0 Å². The first-order valence-electron chi connectivity index (χ1n) is 11.6. The van der Waals surface area contributed by atoms with Gasteiger partial charge in [-0.2, -0.15) is 0 Å². The van der Waals surface area contributed by atoms with E-state index in [-0.39, 0.29) is 23.7 Å². The number of benzene rings is 1. The van der Waals surface area contributed by atoms with Crippen molar-refractivity contribution >= 4 is 28.6 Å². The third kappa shape index (κ3) is 5.42. The molecule has 178 valence electrons. The number of piperazine rings is 1. The zero-order chi connectivity index (χ0) is 23.4. The van der Waals surface area contributed by atoms with E-state index in [0.717, 1.165) is 30.4 Å². The number of hydrogen-bond donors (Lipinski definition) is 1. The number of anilines is 1. The summed E-state index contributed by atoms with van der Waals surface area (Å²) in [4.78, 5) is 38.7. The summed E-state index contributed by atoms with van der Waals surface area (Å²) in [5, 5.41) is 4.16. The molecule has 2 atom stereocenters. The first kappa shape index (κ1) is 23.4. The van der Waals surface area contributed by atoms with Crippen LogP contribution in [0.15, 0.2) is 24.3 Å². The van der Waals surface area contributed by atoms with Crippen LogP contribution in [0.3, 0.4) is 0 Å². The Morgan fingerprint density at radius 3 is 2.61 bits per heavy atom. The van der Waals surface area contributed by atoms with Gasteiger partial charge < -0.3 is 19.7 Å². The number of fused-ring (bicyclic) bond motifs is 1. The number of amides is 1. The molecule has 2 aromatic rings. The van der Waals surface area contributed by atoms with Gasteiger partial charge in [0.05, 0.1) is 31.7 Å². The fourth-order valence-corrected chi connectivity index (χ4v) is 4.39. The van der Waals surface area contributed by atoms with Crippen LogP contribution in [0.25, 0.3) is 10.9 Å². The zero-order valence-electron chi connectivity index (χ0n) is 19.6. The smallest absolute Gasteiger partial charge is 0.328 e. The number of rotatable bonds is 7. The van der Waals surface area contributed by atoms with Crippen molar-refractivity contribution < 1.29 is 19.1 Å². The lowest BCUT2D eigenvalue weighted by Crippen LogP contribution is -2.50. The van der Waals surface area contributed by atoms with Crippen LogP contribution >= 0.6 is 0 Å². The van der Waals surface area contributed by atoms with Crippen LogP contribution in [0.2, 0.25) is 0 Å². The number of ether oxygens (including phenoxy) is 2. The van der Waals surface area contributed by atoms with Crippen molar-refractivity contribution in [1.29, 1.82) is 0 Å². The molecule has 1 aromatic heterocycles. The van der Waals surface area contributed by atoms with E-state index in [9.17, 15) is 9.59 Å². The Morgan fingerprint density at radius 2 is 1.94 bits per heavy atom. The van der Waals surface area contributed by atoms with Crippen molar-refractivity contribution in [1.82, 2.24) is 19.8 Å². The zero-order valence-corrected chi connectivity index (χ0v) is 19.6. The van der Waals surface area contributed by atoms with Gasteiger partial charge in [0.1, 0.15) is 17.7 Å². The van der Waals surface area contributed by atoms with Gasteiger partial charge in [-0.1, -0.05) is 26.0 Å². The molecule has 0 spiro atoms. The minimum atomic E-state index is -0.504. The highest BCUT2D eigenvalue weighted by Crippen LogP contribution is 2.23. The maximum atomic E-state index is 12.7. The molecule has 0 saturated carbocycles. The lowest BCUT2D eigenvalue weighted by atomic mass is 10.0. The highest BCUT2D eigenvalue weighted by molar-refractivity contribution is 5.91. The van der Waals surface area contributed by atoms with Crippen molar-refractivity contribution in [2.24, 2.45) is 11.8 Å². The van der Waals surface area contributed by atoms with Crippen LogP contribution < -0.4 is 5.32 Å². The van der Waals surface area contributed by atoms with Crippen molar-refractivity contribution in [2.45, 2.75) is 32.9 Å². The predicted octanol–water partition coefficient (Wildman–Crippen LogP) is 1.92. The molecule has 9 nitrogen and oxygen atoms in total. The van der Waals surface area contributed by atoms with Crippen LogP contribution in [0.4, 0.5) is 5.82 Å². The third-order valence-corrected chi connectivity index (χ3v) is 6.39. The van der Waals surface area contributed by atoms with Crippen LogP contribution in [-0.4, -0.2) is 84.2 Å².